The van der Waals surface area contributed by atoms with Gasteiger partial charge in [0.15, 0.2) is 5.69 Å². The lowest BCUT2D eigenvalue weighted by Crippen LogP contribution is -2.39. The van der Waals surface area contributed by atoms with Crippen LogP contribution in [0.25, 0.3) is 5.69 Å². The molecule has 2 aromatic rings. The Hall–Kier alpha value is -2.61. The Labute approximate surface area is 142 Å². The van der Waals surface area contributed by atoms with E-state index >= 15 is 0 Å². The van der Waals surface area contributed by atoms with Crippen molar-refractivity contribution in [1.82, 2.24) is 14.7 Å². The molecule has 0 radical (unpaired) electrons. The Balaban J connectivity index is 1.96. The molecule has 3 rings (SSSR count). The van der Waals surface area contributed by atoms with E-state index in [-0.39, 0.29) is 11.9 Å². The van der Waals surface area contributed by atoms with Crippen molar-refractivity contribution in [2.45, 2.75) is 52.6 Å². The molecule has 24 heavy (non-hydrogen) atoms. The van der Waals surface area contributed by atoms with E-state index in [1.54, 1.807) is 22.6 Å². The van der Waals surface area contributed by atoms with Crippen LogP contribution in [0.15, 0.2) is 24.3 Å². The van der Waals surface area contributed by atoms with E-state index in [9.17, 15) is 10.1 Å². The molecule has 1 heterocycles. The highest BCUT2D eigenvalue weighted by molar-refractivity contribution is 5.93. The van der Waals surface area contributed by atoms with Gasteiger partial charge in [0, 0.05) is 11.7 Å². The molecule has 0 N–H and O–H groups in total. The van der Waals surface area contributed by atoms with Crippen molar-refractivity contribution in [3.8, 4) is 11.8 Å². The number of hydrogen-bond acceptors (Lipinski definition) is 3. The summed E-state index contributed by atoms with van der Waals surface area (Å²) in [7, 11) is 0. The average molecular weight is 322 g/mol. The van der Waals surface area contributed by atoms with Crippen molar-refractivity contribution in [3.63, 3.8) is 0 Å². The highest BCUT2D eigenvalue weighted by atomic mass is 16.2. The Morgan fingerprint density at radius 1 is 1.25 bits per heavy atom. The predicted octanol–water partition coefficient (Wildman–Crippen LogP) is 3.31. The molecule has 1 aliphatic carbocycles. The maximum atomic E-state index is 12.9. The van der Waals surface area contributed by atoms with Gasteiger partial charge in [-0.25, -0.2) is 4.68 Å². The summed E-state index contributed by atoms with van der Waals surface area (Å²) in [5.41, 5.74) is 4.58. The molecule has 5 heteroatoms. The van der Waals surface area contributed by atoms with Gasteiger partial charge in [-0.1, -0.05) is 6.07 Å². The minimum absolute atomic E-state index is 0.155. The van der Waals surface area contributed by atoms with Crippen LogP contribution >= 0.6 is 0 Å². The Kier molecular flexibility index (Phi) is 4.15. The Morgan fingerprint density at radius 2 is 1.88 bits per heavy atom. The van der Waals surface area contributed by atoms with Gasteiger partial charge in [-0.05, 0) is 69.9 Å². The van der Waals surface area contributed by atoms with Gasteiger partial charge in [0.2, 0.25) is 0 Å². The zero-order chi connectivity index (χ0) is 17.4. The first kappa shape index (κ1) is 16.3. The van der Waals surface area contributed by atoms with Gasteiger partial charge >= 0.3 is 0 Å². The molecule has 1 amide bonds. The minimum Gasteiger partial charge on any atom is -0.319 e. The summed E-state index contributed by atoms with van der Waals surface area (Å²) in [6.07, 6.45) is 1.93. The number of carbonyl (C=O) groups excluding carboxylic acids is 1. The second kappa shape index (κ2) is 6.12. The first-order valence-electron chi connectivity index (χ1n) is 8.28. The normalized spacial score (nSPS) is 15.0. The molecule has 0 spiro atoms. The van der Waals surface area contributed by atoms with E-state index in [1.165, 1.54) is 0 Å². The van der Waals surface area contributed by atoms with Gasteiger partial charge < -0.3 is 4.90 Å². The molecule has 1 aliphatic rings. The number of carbonyl (C=O) groups is 1. The van der Waals surface area contributed by atoms with Gasteiger partial charge in [-0.2, -0.15) is 10.4 Å². The highest BCUT2D eigenvalue weighted by Crippen LogP contribution is 2.30. The zero-order valence-electron chi connectivity index (χ0n) is 14.6. The molecule has 1 fully saturated rings. The zero-order valence-corrected chi connectivity index (χ0v) is 14.6. The first-order chi connectivity index (χ1) is 11.4. The minimum atomic E-state index is -0.434. The summed E-state index contributed by atoms with van der Waals surface area (Å²) < 4.78 is 1.80. The topological polar surface area (TPSA) is 61.9 Å². The third-order valence-corrected chi connectivity index (χ3v) is 4.34. The number of nitriles is 1. The number of rotatable bonds is 4. The molecule has 0 aliphatic heterocycles. The smallest absolute Gasteiger partial charge is 0.275 e. The van der Waals surface area contributed by atoms with E-state index in [2.05, 4.69) is 29.4 Å². The molecule has 0 bridgehead atoms. The largest absolute Gasteiger partial charge is 0.319 e. The number of benzene rings is 1. The summed E-state index contributed by atoms with van der Waals surface area (Å²) in [6, 6.07) is 9.94. The van der Waals surface area contributed by atoms with Crippen LogP contribution in [0.2, 0.25) is 0 Å². The van der Waals surface area contributed by atoms with Gasteiger partial charge in [0.1, 0.15) is 6.04 Å². The maximum Gasteiger partial charge on any atom is 0.275 e. The van der Waals surface area contributed by atoms with Crippen LogP contribution in [-0.4, -0.2) is 32.7 Å². The van der Waals surface area contributed by atoms with Crippen molar-refractivity contribution in [2.75, 3.05) is 0 Å². The molecule has 1 saturated carbocycles. The maximum absolute atomic E-state index is 12.9. The first-order valence-corrected chi connectivity index (χ1v) is 8.28. The van der Waals surface area contributed by atoms with Crippen LogP contribution in [0.3, 0.4) is 0 Å². The number of amides is 1. The Morgan fingerprint density at radius 3 is 2.42 bits per heavy atom. The van der Waals surface area contributed by atoms with E-state index in [0.717, 1.165) is 35.3 Å². The summed E-state index contributed by atoms with van der Waals surface area (Å²) in [5.74, 6) is -0.155. The van der Waals surface area contributed by atoms with E-state index < -0.39 is 6.04 Å². The summed E-state index contributed by atoms with van der Waals surface area (Å²) in [5, 5.41) is 13.7. The third kappa shape index (κ3) is 3.05. The summed E-state index contributed by atoms with van der Waals surface area (Å²) >= 11 is 0. The quantitative estimate of drug-likeness (QED) is 0.867. The van der Waals surface area contributed by atoms with E-state index in [0.29, 0.717) is 5.69 Å². The molecule has 1 unspecified atom stereocenters. The van der Waals surface area contributed by atoms with Crippen molar-refractivity contribution in [1.29, 1.82) is 5.26 Å². The molecule has 124 valence electrons. The fraction of sp³-hybridized carbons (Fsp3) is 0.421. The highest BCUT2D eigenvalue weighted by Gasteiger charge is 2.37. The van der Waals surface area contributed by atoms with Crippen molar-refractivity contribution in [3.05, 3.63) is 46.8 Å². The van der Waals surface area contributed by atoms with Gasteiger partial charge in [0.05, 0.1) is 11.8 Å². The van der Waals surface area contributed by atoms with Crippen molar-refractivity contribution in [2.24, 2.45) is 0 Å². The molecule has 5 nitrogen and oxygen atoms in total. The second-order valence-electron chi connectivity index (χ2n) is 6.68. The number of aryl methyl sites for hydroxylation is 3. The molecule has 1 atom stereocenters. The fourth-order valence-electron chi connectivity index (χ4n) is 3.12. The molecule has 0 saturated heterocycles. The van der Waals surface area contributed by atoms with Crippen LogP contribution in [0, 0.1) is 32.1 Å². The predicted molar refractivity (Wildman–Crippen MR) is 92.0 cm³/mol. The third-order valence-electron chi connectivity index (χ3n) is 4.34. The average Bonchev–Trinajstić information content (AvgIpc) is 3.27. The summed E-state index contributed by atoms with van der Waals surface area (Å²) in [6.45, 7) is 7.80. The monoisotopic (exact) mass is 322 g/mol. The fourth-order valence-corrected chi connectivity index (χ4v) is 3.12. The van der Waals surface area contributed by atoms with Gasteiger partial charge in [-0.3, -0.25) is 4.79 Å². The lowest BCUT2D eigenvalue weighted by molar-refractivity contribution is 0.0707. The lowest BCUT2D eigenvalue weighted by atomic mass is 10.1. The van der Waals surface area contributed by atoms with Gasteiger partial charge in [-0.15, -0.1) is 0 Å². The van der Waals surface area contributed by atoms with Gasteiger partial charge in [0.25, 0.3) is 5.91 Å². The van der Waals surface area contributed by atoms with Crippen molar-refractivity contribution < 1.29 is 4.79 Å². The second-order valence-corrected chi connectivity index (χ2v) is 6.68. The van der Waals surface area contributed by atoms with Crippen molar-refractivity contribution >= 4 is 5.91 Å². The number of nitrogens with zero attached hydrogens (tertiary/aromatic N) is 4. The van der Waals surface area contributed by atoms with Crippen LogP contribution in [-0.2, 0) is 0 Å². The molecular weight excluding hydrogens is 300 g/mol. The van der Waals surface area contributed by atoms with E-state index in [4.69, 9.17) is 0 Å². The number of aromatic nitrogens is 2. The van der Waals surface area contributed by atoms with Crippen LogP contribution in [0.4, 0.5) is 0 Å². The summed E-state index contributed by atoms with van der Waals surface area (Å²) in [4.78, 5) is 14.5. The van der Waals surface area contributed by atoms with Crippen LogP contribution in [0.5, 0.6) is 0 Å². The molecule has 1 aromatic heterocycles. The Bertz CT molecular complexity index is 806. The lowest BCUT2D eigenvalue weighted by Gasteiger charge is -2.23. The standard InChI is InChI=1S/C19H22N4O/c1-12-7-13(2)9-17(8-12)23-14(3)10-18(21-23)19(24)22(15(4)11-20)16-5-6-16/h7-10,15-16H,5-6H2,1-4H3. The number of hydrogen-bond donors (Lipinski definition) is 0. The van der Waals surface area contributed by atoms with E-state index in [1.807, 2.05) is 20.8 Å². The van der Waals surface area contributed by atoms with Crippen LogP contribution in [0.1, 0.15) is 47.1 Å². The molecular formula is C19H22N4O. The van der Waals surface area contributed by atoms with Crippen LogP contribution < -0.4 is 0 Å². The molecule has 1 aromatic carbocycles. The SMILES string of the molecule is Cc1cc(C)cc(-n2nc(C(=O)N(C(C)C#N)C3CC3)cc2C)c1.